The van der Waals surface area contributed by atoms with Crippen LogP contribution < -0.4 is 5.56 Å². The molecule has 3 aromatic heterocycles. The highest BCUT2D eigenvalue weighted by molar-refractivity contribution is 7.98. The zero-order chi connectivity index (χ0) is 22.1. The summed E-state index contributed by atoms with van der Waals surface area (Å²) in [5.41, 5.74) is 2.85. The van der Waals surface area contributed by atoms with Gasteiger partial charge in [0.2, 0.25) is 0 Å². The van der Waals surface area contributed by atoms with Crippen molar-refractivity contribution in [3.8, 4) is 11.4 Å². The van der Waals surface area contributed by atoms with Crippen LogP contribution in [0.3, 0.4) is 0 Å². The van der Waals surface area contributed by atoms with E-state index in [-0.39, 0.29) is 17.5 Å². The van der Waals surface area contributed by atoms with Crippen LogP contribution in [0.2, 0.25) is 0 Å². The zero-order valence-corrected chi connectivity index (χ0v) is 18.4. The van der Waals surface area contributed by atoms with Gasteiger partial charge in [-0.25, -0.2) is 9.37 Å². The Morgan fingerprint density at radius 1 is 1.19 bits per heavy atom. The van der Waals surface area contributed by atoms with Gasteiger partial charge in [0.1, 0.15) is 11.5 Å². The number of pyridine rings is 1. The van der Waals surface area contributed by atoms with Gasteiger partial charge in [-0.2, -0.15) is 0 Å². The maximum Gasteiger partial charge on any atom is 0.258 e. The molecule has 1 fully saturated rings. The molecule has 0 radical (unpaired) electrons. The van der Waals surface area contributed by atoms with Gasteiger partial charge in [0.25, 0.3) is 5.56 Å². The SMILES string of the molecule is Cc1cccc2nc(CSc3nnc(-c4ccc(F)cc4)n3CC3CCCO3)cc(=O)n12. The number of hydrogen-bond acceptors (Lipinski definition) is 6. The molecule has 0 amide bonds. The summed E-state index contributed by atoms with van der Waals surface area (Å²) in [7, 11) is 0. The zero-order valence-electron chi connectivity index (χ0n) is 17.6. The second-order valence-electron chi connectivity index (χ2n) is 7.79. The van der Waals surface area contributed by atoms with Crippen molar-refractivity contribution in [2.75, 3.05) is 6.61 Å². The first-order chi connectivity index (χ1) is 15.6. The molecule has 7 nitrogen and oxygen atoms in total. The molecule has 5 rings (SSSR count). The van der Waals surface area contributed by atoms with Crippen molar-refractivity contribution >= 4 is 17.4 Å². The Kier molecular flexibility index (Phi) is 5.75. The topological polar surface area (TPSA) is 74.3 Å². The van der Waals surface area contributed by atoms with E-state index in [9.17, 15) is 9.18 Å². The van der Waals surface area contributed by atoms with Crippen molar-refractivity contribution in [2.24, 2.45) is 0 Å². The molecule has 4 aromatic rings. The summed E-state index contributed by atoms with van der Waals surface area (Å²) in [5, 5.41) is 9.48. The molecule has 1 saturated heterocycles. The summed E-state index contributed by atoms with van der Waals surface area (Å²) in [5.74, 6) is 0.856. The van der Waals surface area contributed by atoms with Crippen LogP contribution in [0.1, 0.15) is 24.2 Å². The number of thioether (sulfide) groups is 1. The van der Waals surface area contributed by atoms with Crippen LogP contribution in [0.25, 0.3) is 17.0 Å². The monoisotopic (exact) mass is 451 g/mol. The van der Waals surface area contributed by atoms with E-state index in [1.807, 2.05) is 29.7 Å². The Morgan fingerprint density at radius 2 is 2.03 bits per heavy atom. The second kappa shape index (κ2) is 8.84. The van der Waals surface area contributed by atoms with Gasteiger partial charge in [0.15, 0.2) is 11.0 Å². The normalized spacial score (nSPS) is 16.1. The summed E-state index contributed by atoms with van der Waals surface area (Å²) in [6.07, 6.45) is 2.11. The molecule has 0 bridgehead atoms. The number of nitrogens with zero attached hydrogens (tertiary/aromatic N) is 5. The van der Waals surface area contributed by atoms with Crippen molar-refractivity contribution in [3.05, 3.63) is 76.1 Å². The predicted molar refractivity (Wildman–Crippen MR) is 120 cm³/mol. The number of rotatable bonds is 6. The van der Waals surface area contributed by atoms with Crippen molar-refractivity contribution in [3.63, 3.8) is 0 Å². The van der Waals surface area contributed by atoms with Gasteiger partial charge in [0.05, 0.1) is 18.3 Å². The molecule has 1 unspecified atom stereocenters. The molecule has 0 saturated carbocycles. The third kappa shape index (κ3) is 4.18. The number of ether oxygens (including phenoxy) is 1. The Balaban J connectivity index is 1.44. The molecule has 0 spiro atoms. The van der Waals surface area contributed by atoms with Crippen molar-refractivity contribution in [2.45, 2.75) is 43.3 Å². The van der Waals surface area contributed by atoms with Crippen molar-refractivity contribution in [1.82, 2.24) is 24.1 Å². The highest BCUT2D eigenvalue weighted by Gasteiger charge is 2.22. The maximum absolute atomic E-state index is 13.4. The standard InChI is InChI=1S/C23H22FN5O2S/c1-15-4-2-6-20-25-18(12-21(30)29(15)20)14-32-23-27-26-22(16-7-9-17(24)10-8-16)28(23)13-19-5-3-11-31-19/h2,4,6-10,12,19H,3,5,11,13-14H2,1H3. The van der Waals surface area contributed by atoms with Gasteiger partial charge in [-0.3, -0.25) is 13.8 Å². The van der Waals surface area contributed by atoms with E-state index in [1.54, 1.807) is 22.6 Å². The van der Waals surface area contributed by atoms with Crippen LogP contribution in [0.5, 0.6) is 0 Å². The second-order valence-corrected chi connectivity index (χ2v) is 8.74. The number of halogens is 1. The molecular formula is C23H22FN5O2S. The summed E-state index contributed by atoms with van der Waals surface area (Å²) < 4.78 is 22.9. The van der Waals surface area contributed by atoms with Gasteiger partial charge in [0, 0.05) is 29.7 Å². The van der Waals surface area contributed by atoms with Crippen molar-refractivity contribution in [1.29, 1.82) is 0 Å². The maximum atomic E-state index is 13.4. The first kappa shape index (κ1) is 20.8. The Morgan fingerprint density at radius 3 is 2.81 bits per heavy atom. The van der Waals surface area contributed by atoms with E-state index in [0.29, 0.717) is 34.6 Å². The lowest BCUT2D eigenvalue weighted by atomic mass is 10.2. The number of hydrogen-bond donors (Lipinski definition) is 0. The molecule has 32 heavy (non-hydrogen) atoms. The summed E-state index contributed by atoms with van der Waals surface area (Å²) in [6.45, 7) is 3.26. The Hall–Kier alpha value is -3.04. The van der Waals surface area contributed by atoms with Gasteiger partial charge >= 0.3 is 0 Å². The summed E-state index contributed by atoms with van der Waals surface area (Å²) >= 11 is 1.47. The average molecular weight is 452 g/mol. The van der Waals surface area contributed by atoms with E-state index in [4.69, 9.17) is 4.74 Å². The number of benzene rings is 1. The number of aryl methyl sites for hydroxylation is 1. The Labute approximate surface area is 188 Å². The minimum Gasteiger partial charge on any atom is -0.376 e. The number of aromatic nitrogens is 5. The van der Waals surface area contributed by atoms with Gasteiger partial charge in [-0.05, 0) is 56.2 Å². The summed E-state index contributed by atoms with van der Waals surface area (Å²) in [4.78, 5) is 17.2. The molecule has 164 valence electrons. The third-order valence-electron chi connectivity index (χ3n) is 5.51. The molecule has 1 aliphatic rings. The van der Waals surface area contributed by atoms with Gasteiger partial charge < -0.3 is 4.74 Å². The number of fused-ring (bicyclic) bond motifs is 1. The molecule has 4 heterocycles. The summed E-state index contributed by atoms with van der Waals surface area (Å²) in [6, 6.07) is 13.4. The highest BCUT2D eigenvalue weighted by Crippen LogP contribution is 2.28. The molecule has 0 N–H and O–H groups in total. The highest BCUT2D eigenvalue weighted by atomic mass is 32.2. The molecule has 0 aliphatic carbocycles. The largest absolute Gasteiger partial charge is 0.376 e. The average Bonchev–Trinajstić information content (AvgIpc) is 3.43. The Bertz CT molecular complexity index is 1310. The van der Waals surface area contributed by atoms with E-state index >= 15 is 0 Å². The van der Waals surface area contributed by atoms with Crippen LogP contribution in [-0.4, -0.2) is 36.9 Å². The lowest BCUT2D eigenvalue weighted by Crippen LogP contribution is -2.18. The molecular weight excluding hydrogens is 429 g/mol. The van der Waals surface area contributed by atoms with Crippen LogP contribution in [0.15, 0.2) is 58.5 Å². The van der Waals surface area contributed by atoms with Gasteiger partial charge in [-0.1, -0.05) is 17.8 Å². The van der Waals surface area contributed by atoms with E-state index < -0.39 is 0 Å². The van der Waals surface area contributed by atoms with Crippen LogP contribution in [-0.2, 0) is 17.0 Å². The van der Waals surface area contributed by atoms with Crippen LogP contribution in [0, 0.1) is 12.7 Å². The molecule has 1 aliphatic heterocycles. The van der Waals surface area contributed by atoms with E-state index in [0.717, 1.165) is 30.7 Å². The van der Waals surface area contributed by atoms with Crippen LogP contribution >= 0.6 is 11.8 Å². The fourth-order valence-corrected chi connectivity index (χ4v) is 4.78. The van der Waals surface area contributed by atoms with Gasteiger partial charge in [-0.15, -0.1) is 10.2 Å². The predicted octanol–water partition coefficient (Wildman–Crippen LogP) is 3.87. The molecule has 1 aromatic carbocycles. The van der Waals surface area contributed by atoms with Crippen molar-refractivity contribution < 1.29 is 9.13 Å². The van der Waals surface area contributed by atoms with E-state index in [1.165, 1.54) is 23.9 Å². The first-order valence-electron chi connectivity index (χ1n) is 10.5. The lowest BCUT2D eigenvalue weighted by molar-refractivity contribution is 0.0953. The van der Waals surface area contributed by atoms with E-state index in [2.05, 4.69) is 15.2 Å². The molecule has 1 atom stereocenters. The lowest BCUT2D eigenvalue weighted by Gasteiger charge is -2.14. The molecule has 9 heteroatoms. The smallest absolute Gasteiger partial charge is 0.258 e. The minimum atomic E-state index is -0.294. The minimum absolute atomic E-state index is 0.0935. The fraction of sp³-hybridized carbons (Fsp3) is 0.304. The quantitative estimate of drug-likeness (QED) is 0.414. The first-order valence-corrected chi connectivity index (χ1v) is 11.5. The third-order valence-corrected chi connectivity index (χ3v) is 6.51. The van der Waals surface area contributed by atoms with Crippen LogP contribution in [0.4, 0.5) is 4.39 Å². The fourth-order valence-electron chi connectivity index (χ4n) is 3.94.